The molecule has 2 N–H and O–H groups in total. The van der Waals surface area contributed by atoms with Gasteiger partial charge in [0.1, 0.15) is 12.3 Å². The van der Waals surface area contributed by atoms with Crippen molar-refractivity contribution in [3.05, 3.63) is 42.6 Å². The molecule has 0 amide bonds. The van der Waals surface area contributed by atoms with Crippen LogP contribution in [0.25, 0.3) is 6.08 Å². The summed E-state index contributed by atoms with van der Waals surface area (Å²) in [4.78, 5) is 8.66. The van der Waals surface area contributed by atoms with Crippen LogP contribution in [-0.2, 0) is 6.61 Å². The second-order valence-electron chi connectivity index (χ2n) is 5.64. The van der Waals surface area contributed by atoms with Gasteiger partial charge in [-0.25, -0.2) is 9.97 Å². The molecule has 134 valence electrons. The summed E-state index contributed by atoms with van der Waals surface area (Å²) >= 11 is 0. The normalized spacial score (nSPS) is 11.8. The van der Waals surface area contributed by atoms with Crippen molar-refractivity contribution in [2.45, 2.75) is 45.3 Å². The van der Waals surface area contributed by atoms with Crippen molar-refractivity contribution in [1.82, 2.24) is 20.2 Å². The Morgan fingerprint density at radius 2 is 2.28 bits per heavy atom. The molecule has 0 saturated carbocycles. The molecule has 0 bridgehead atoms. The fraction of sp³-hybridized carbons (Fsp3) is 0.444. The zero-order valence-electron chi connectivity index (χ0n) is 14.6. The summed E-state index contributed by atoms with van der Waals surface area (Å²) in [6.45, 7) is 6.25. The molecule has 0 fully saturated rings. The minimum Gasteiger partial charge on any atom is -0.482 e. The minimum atomic E-state index is 0.122. The number of nitrogens with zero attached hydrogens (tertiary/aromatic N) is 4. The van der Waals surface area contributed by atoms with Crippen molar-refractivity contribution in [2.75, 3.05) is 11.9 Å². The Kier molecular flexibility index (Phi) is 7.78. The van der Waals surface area contributed by atoms with Crippen molar-refractivity contribution in [2.24, 2.45) is 0 Å². The van der Waals surface area contributed by atoms with Crippen LogP contribution in [0, 0.1) is 0 Å². The van der Waals surface area contributed by atoms with E-state index >= 15 is 0 Å². The Morgan fingerprint density at radius 1 is 1.40 bits per heavy atom. The molecular weight excluding hydrogens is 318 g/mol. The molecule has 2 aromatic rings. The van der Waals surface area contributed by atoms with E-state index in [1.165, 1.54) is 0 Å². The Balaban J connectivity index is 2.13. The number of nitrogens with one attached hydrogen (secondary N) is 1. The van der Waals surface area contributed by atoms with E-state index in [2.05, 4.69) is 39.0 Å². The molecule has 25 heavy (non-hydrogen) atoms. The molecule has 1 atom stereocenters. The van der Waals surface area contributed by atoms with Crippen LogP contribution >= 0.6 is 0 Å². The summed E-state index contributed by atoms with van der Waals surface area (Å²) < 4.78 is 5.82. The molecule has 0 unspecified atom stereocenters. The number of aliphatic hydroxyl groups is 1. The molecule has 2 aromatic heterocycles. The van der Waals surface area contributed by atoms with Gasteiger partial charge in [0.25, 0.3) is 0 Å². The highest BCUT2D eigenvalue weighted by Gasteiger charge is 2.14. The molecule has 0 aromatic carbocycles. The Bertz CT molecular complexity index is 651. The molecule has 7 nitrogen and oxygen atoms in total. The fourth-order valence-corrected chi connectivity index (χ4v) is 2.34. The summed E-state index contributed by atoms with van der Waals surface area (Å²) in [5.41, 5.74) is 0.721. The van der Waals surface area contributed by atoms with Gasteiger partial charge in [0, 0.05) is 18.8 Å². The Hall–Kier alpha value is -2.54. The van der Waals surface area contributed by atoms with Gasteiger partial charge in [-0.3, -0.25) is 0 Å². The molecule has 0 spiro atoms. The van der Waals surface area contributed by atoms with Gasteiger partial charge < -0.3 is 15.2 Å². The molecular formula is C18H25N5O2. The highest BCUT2D eigenvalue weighted by atomic mass is 16.5. The summed E-state index contributed by atoms with van der Waals surface area (Å²) in [5.74, 6) is 1.66. The first-order valence-corrected chi connectivity index (χ1v) is 8.53. The number of ether oxygens (including phenoxy) is 1. The number of hydrogen-bond acceptors (Lipinski definition) is 7. The van der Waals surface area contributed by atoms with E-state index in [0.717, 1.165) is 25.0 Å². The lowest BCUT2D eigenvalue weighted by Gasteiger charge is -2.20. The smallest absolute Gasteiger partial charge is 0.180 e. The van der Waals surface area contributed by atoms with E-state index in [9.17, 15) is 5.11 Å². The highest BCUT2D eigenvalue weighted by molar-refractivity contribution is 5.52. The van der Waals surface area contributed by atoms with E-state index < -0.39 is 0 Å². The van der Waals surface area contributed by atoms with Crippen molar-refractivity contribution in [1.29, 1.82) is 0 Å². The standard InChI is InChI=1S/C18H25N5O2/c1-3-5-7-14(9-11-24)21-18-16(12-19-17(4-2)22-18)25-13-15-8-6-10-20-23-15/h4,6,8,10,12,14,24H,2-3,5,7,9,11,13H2,1H3,(H,19,21,22)/t14-/m0/s1. The second kappa shape index (κ2) is 10.4. The van der Waals surface area contributed by atoms with Crippen LogP contribution < -0.4 is 10.1 Å². The van der Waals surface area contributed by atoms with Crippen LogP contribution in [0.15, 0.2) is 31.1 Å². The maximum atomic E-state index is 9.30. The first kappa shape index (κ1) is 18.8. The number of unbranched alkanes of at least 4 members (excludes halogenated alkanes) is 1. The average molecular weight is 343 g/mol. The zero-order chi connectivity index (χ0) is 17.9. The molecule has 0 aliphatic carbocycles. The van der Waals surface area contributed by atoms with Gasteiger partial charge in [0.05, 0.1) is 6.20 Å². The molecule has 7 heteroatoms. The van der Waals surface area contributed by atoms with Crippen molar-refractivity contribution >= 4 is 11.9 Å². The zero-order valence-corrected chi connectivity index (χ0v) is 14.6. The first-order valence-electron chi connectivity index (χ1n) is 8.53. The highest BCUT2D eigenvalue weighted by Crippen LogP contribution is 2.24. The molecule has 2 heterocycles. The Labute approximate surface area is 148 Å². The third-order valence-electron chi connectivity index (χ3n) is 3.68. The van der Waals surface area contributed by atoms with Crippen LogP contribution in [-0.4, -0.2) is 37.9 Å². The minimum absolute atomic E-state index is 0.122. The average Bonchev–Trinajstić information content (AvgIpc) is 2.66. The predicted molar refractivity (Wildman–Crippen MR) is 97.1 cm³/mol. The lowest BCUT2D eigenvalue weighted by Crippen LogP contribution is -2.22. The van der Waals surface area contributed by atoms with Gasteiger partial charge in [-0.1, -0.05) is 26.3 Å². The van der Waals surface area contributed by atoms with Crippen LogP contribution in [0.5, 0.6) is 5.75 Å². The van der Waals surface area contributed by atoms with E-state index in [1.807, 2.05) is 12.1 Å². The van der Waals surface area contributed by atoms with Gasteiger partial charge in [0.15, 0.2) is 17.4 Å². The lowest BCUT2D eigenvalue weighted by atomic mass is 10.1. The summed E-state index contributed by atoms with van der Waals surface area (Å²) in [7, 11) is 0. The largest absolute Gasteiger partial charge is 0.482 e. The summed E-state index contributed by atoms with van der Waals surface area (Å²) in [6.07, 6.45) is 8.61. The lowest BCUT2D eigenvalue weighted by molar-refractivity contribution is 0.275. The number of rotatable bonds is 11. The second-order valence-corrected chi connectivity index (χ2v) is 5.64. The fourth-order valence-electron chi connectivity index (χ4n) is 2.34. The van der Waals surface area contributed by atoms with Crippen LogP contribution in [0.1, 0.15) is 44.1 Å². The van der Waals surface area contributed by atoms with Gasteiger partial charge in [-0.15, -0.1) is 0 Å². The molecule has 0 aliphatic heterocycles. The van der Waals surface area contributed by atoms with E-state index in [1.54, 1.807) is 18.5 Å². The third kappa shape index (κ3) is 6.11. The van der Waals surface area contributed by atoms with E-state index in [0.29, 0.717) is 23.8 Å². The van der Waals surface area contributed by atoms with Crippen LogP contribution in [0.2, 0.25) is 0 Å². The van der Waals surface area contributed by atoms with Crippen LogP contribution in [0.4, 0.5) is 5.82 Å². The van der Waals surface area contributed by atoms with Crippen LogP contribution in [0.3, 0.4) is 0 Å². The van der Waals surface area contributed by atoms with Gasteiger partial charge in [0.2, 0.25) is 0 Å². The number of hydrogen-bond donors (Lipinski definition) is 2. The number of anilines is 1. The third-order valence-corrected chi connectivity index (χ3v) is 3.68. The monoisotopic (exact) mass is 343 g/mol. The molecule has 0 radical (unpaired) electrons. The quantitative estimate of drug-likeness (QED) is 0.648. The molecule has 2 rings (SSSR count). The predicted octanol–water partition coefficient (Wildman–Crippen LogP) is 2.84. The van der Waals surface area contributed by atoms with Gasteiger partial charge in [-0.05, 0) is 31.1 Å². The van der Waals surface area contributed by atoms with E-state index in [4.69, 9.17) is 4.74 Å². The van der Waals surface area contributed by atoms with Crippen molar-refractivity contribution in [3.8, 4) is 5.75 Å². The van der Waals surface area contributed by atoms with Crippen molar-refractivity contribution in [3.63, 3.8) is 0 Å². The number of aromatic nitrogens is 4. The summed E-state index contributed by atoms with van der Waals surface area (Å²) in [6, 6.07) is 3.77. The maximum Gasteiger partial charge on any atom is 0.180 e. The number of aliphatic hydroxyl groups excluding tert-OH is 1. The maximum absolute atomic E-state index is 9.30. The van der Waals surface area contributed by atoms with Gasteiger partial charge >= 0.3 is 0 Å². The van der Waals surface area contributed by atoms with Crippen molar-refractivity contribution < 1.29 is 9.84 Å². The first-order chi connectivity index (χ1) is 12.3. The van der Waals surface area contributed by atoms with Gasteiger partial charge in [-0.2, -0.15) is 10.2 Å². The summed E-state index contributed by atoms with van der Waals surface area (Å²) in [5, 5.41) is 20.5. The molecule has 0 aliphatic rings. The SMILES string of the molecule is C=Cc1ncc(OCc2cccnn2)c(N[C@H](CCO)CCCC)n1. The topological polar surface area (TPSA) is 93.1 Å². The molecule has 0 saturated heterocycles. The Morgan fingerprint density at radius 3 is 2.96 bits per heavy atom. The van der Waals surface area contributed by atoms with E-state index in [-0.39, 0.29) is 19.3 Å².